The molecule has 0 aliphatic rings. The van der Waals surface area contributed by atoms with Gasteiger partial charge in [-0.2, -0.15) is 0 Å². The molecule has 0 spiro atoms. The van der Waals surface area contributed by atoms with Crippen molar-refractivity contribution in [3.8, 4) is 0 Å². The smallest absolute Gasteiger partial charge is 0.241 e. The van der Waals surface area contributed by atoms with E-state index in [0.29, 0.717) is 10.6 Å². The van der Waals surface area contributed by atoms with Crippen LogP contribution in [0, 0.1) is 13.8 Å². The van der Waals surface area contributed by atoms with Crippen molar-refractivity contribution in [1.29, 1.82) is 0 Å². The maximum absolute atomic E-state index is 12.6. The molecule has 0 saturated carbocycles. The number of hydrogen-bond donors (Lipinski definition) is 2. The Morgan fingerprint density at radius 2 is 1.81 bits per heavy atom. The first kappa shape index (κ1) is 18.0. The second kappa shape index (κ2) is 7.80. The molecule has 0 amide bonds. The Labute approximate surface area is 129 Å². The van der Waals surface area contributed by atoms with Crippen molar-refractivity contribution in [3.05, 3.63) is 23.3 Å². The molecule has 0 bridgehead atoms. The summed E-state index contributed by atoms with van der Waals surface area (Å²) < 4.78 is 28.1. The molecule has 0 heterocycles. The Morgan fingerprint density at radius 1 is 1.14 bits per heavy atom. The van der Waals surface area contributed by atoms with Gasteiger partial charge in [-0.3, -0.25) is 0 Å². The van der Waals surface area contributed by atoms with Crippen LogP contribution in [0.15, 0.2) is 17.0 Å². The third-order valence-electron chi connectivity index (χ3n) is 3.80. The van der Waals surface area contributed by atoms with Gasteiger partial charge in [-0.25, -0.2) is 13.1 Å². The van der Waals surface area contributed by atoms with Crippen molar-refractivity contribution < 1.29 is 8.42 Å². The third-order valence-corrected chi connectivity index (χ3v) is 5.44. The van der Waals surface area contributed by atoms with E-state index in [1.807, 2.05) is 13.8 Å². The molecule has 4 nitrogen and oxygen atoms in total. The van der Waals surface area contributed by atoms with Gasteiger partial charge in [0.15, 0.2) is 0 Å². The largest absolute Gasteiger partial charge is 0.399 e. The van der Waals surface area contributed by atoms with E-state index in [1.54, 1.807) is 12.1 Å². The summed E-state index contributed by atoms with van der Waals surface area (Å²) in [5, 5.41) is 0. The van der Waals surface area contributed by atoms with E-state index >= 15 is 0 Å². The molecule has 1 unspecified atom stereocenters. The number of nitrogens with two attached hydrogens (primary N) is 1. The van der Waals surface area contributed by atoms with Gasteiger partial charge in [-0.15, -0.1) is 0 Å². The summed E-state index contributed by atoms with van der Waals surface area (Å²) in [5.41, 5.74) is 7.95. The highest BCUT2D eigenvalue weighted by molar-refractivity contribution is 7.89. The Morgan fingerprint density at radius 3 is 2.38 bits per heavy atom. The predicted molar refractivity (Wildman–Crippen MR) is 88.9 cm³/mol. The number of rotatable bonds is 8. The molecular formula is C16H28N2O2S. The van der Waals surface area contributed by atoms with Crippen LogP contribution in [0.3, 0.4) is 0 Å². The molecule has 0 fully saturated rings. The van der Waals surface area contributed by atoms with Crippen LogP contribution in [0.25, 0.3) is 0 Å². The van der Waals surface area contributed by atoms with Crippen LogP contribution in [0.2, 0.25) is 0 Å². The number of hydrogen-bond acceptors (Lipinski definition) is 3. The Kier molecular flexibility index (Phi) is 6.68. The first-order valence-corrected chi connectivity index (χ1v) is 9.19. The van der Waals surface area contributed by atoms with Gasteiger partial charge >= 0.3 is 0 Å². The highest BCUT2D eigenvalue weighted by Gasteiger charge is 2.22. The molecular weight excluding hydrogens is 284 g/mol. The average Bonchev–Trinajstić information content (AvgIpc) is 2.40. The van der Waals surface area contributed by atoms with Gasteiger partial charge in [0.25, 0.3) is 0 Å². The van der Waals surface area contributed by atoms with Crippen LogP contribution < -0.4 is 10.5 Å². The lowest BCUT2D eigenvalue weighted by Gasteiger charge is -2.19. The topological polar surface area (TPSA) is 72.2 Å². The summed E-state index contributed by atoms with van der Waals surface area (Å²) in [6.07, 6.45) is 4.80. The van der Waals surface area contributed by atoms with Gasteiger partial charge in [0.1, 0.15) is 0 Å². The number of sulfonamides is 1. The standard InChI is InChI=1S/C16H28N2O2S/c1-5-7-9-15(8-6-2)18-21(19,20)16-11-14(17)10-12(3)13(16)4/h10-11,15,18H,5-9,17H2,1-4H3. The van der Waals surface area contributed by atoms with Gasteiger partial charge in [-0.05, 0) is 49.9 Å². The van der Waals surface area contributed by atoms with E-state index < -0.39 is 10.0 Å². The van der Waals surface area contributed by atoms with Crippen LogP contribution >= 0.6 is 0 Å². The lowest BCUT2D eigenvalue weighted by atomic mass is 10.1. The zero-order valence-corrected chi connectivity index (χ0v) is 14.4. The van der Waals surface area contributed by atoms with E-state index in [-0.39, 0.29) is 6.04 Å². The van der Waals surface area contributed by atoms with Crippen LogP contribution in [-0.4, -0.2) is 14.5 Å². The second-order valence-corrected chi connectivity index (χ2v) is 7.39. The fourth-order valence-electron chi connectivity index (χ4n) is 2.48. The molecule has 1 aromatic rings. The Balaban J connectivity index is 3.04. The van der Waals surface area contributed by atoms with E-state index in [4.69, 9.17) is 5.73 Å². The number of benzene rings is 1. The summed E-state index contributed by atoms with van der Waals surface area (Å²) >= 11 is 0. The first-order valence-electron chi connectivity index (χ1n) is 7.70. The van der Waals surface area contributed by atoms with Crippen molar-refractivity contribution in [2.24, 2.45) is 0 Å². The fourth-order valence-corrected chi connectivity index (χ4v) is 4.13. The Bertz CT molecular complexity index is 568. The molecule has 0 radical (unpaired) electrons. The van der Waals surface area contributed by atoms with Gasteiger partial charge in [0, 0.05) is 11.7 Å². The van der Waals surface area contributed by atoms with E-state index in [1.165, 1.54) is 0 Å². The van der Waals surface area contributed by atoms with Gasteiger partial charge in [0.2, 0.25) is 10.0 Å². The molecule has 120 valence electrons. The molecule has 3 N–H and O–H groups in total. The van der Waals surface area contributed by atoms with E-state index in [2.05, 4.69) is 18.6 Å². The minimum atomic E-state index is -3.52. The zero-order chi connectivity index (χ0) is 16.0. The Hall–Kier alpha value is -1.07. The molecule has 1 atom stereocenters. The highest BCUT2D eigenvalue weighted by Crippen LogP contribution is 2.23. The number of nitrogen functional groups attached to an aromatic ring is 1. The third kappa shape index (κ3) is 5.00. The zero-order valence-electron chi connectivity index (χ0n) is 13.6. The molecule has 0 aliphatic heterocycles. The number of aryl methyl sites for hydroxylation is 1. The van der Waals surface area contributed by atoms with Crippen molar-refractivity contribution in [2.75, 3.05) is 5.73 Å². The average molecular weight is 312 g/mol. The molecule has 5 heteroatoms. The van der Waals surface area contributed by atoms with Crippen LogP contribution in [0.5, 0.6) is 0 Å². The summed E-state index contributed by atoms with van der Waals surface area (Å²) in [4.78, 5) is 0.303. The number of nitrogens with one attached hydrogen (secondary N) is 1. The van der Waals surface area contributed by atoms with Crippen molar-refractivity contribution in [3.63, 3.8) is 0 Å². The minimum Gasteiger partial charge on any atom is -0.399 e. The van der Waals surface area contributed by atoms with E-state index in [0.717, 1.165) is 43.2 Å². The predicted octanol–water partition coefficient (Wildman–Crippen LogP) is 3.52. The van der Waals surface area contributed by atoms with Crippen LogP contribution in [-0.2, 0) is 10.0 Å². The normalized spacial score (nSPS) is 13.3. The SMILES string of the molecule is CCCCC(CCC)NS(=O)(=O)c1cc(N)cc(C)c1C. The molecule has 0 aliphatic carbocycles. The van der Waals surface area contributed by atoms with Crippen molar-refractivity contribution >= 4 is 15.7 Å². The summed E-state index contributed by atoms with van der Waals surface area (Å²) in [7, 11) is -3.52. The van der Waals surface area contributed by atoms with Crippen LogP contribution in [0.4, 0.5) is 5.69 Å². The van der Waals surface area contributed by atoms with E-state index in [9.17, 15) is 8.42 Å². The highest BCUT2D eigenvalue weighted by atomic mass is 32.2. The maximum atomic E-state index is 12.6. The van der Waals surface area contributed by atoms with Crippen molar-refractivity contribution in [2.45, 2.75) is 70.7 Å². The number of anilines is 1. The van der Waals surface area contributed by atoms with Gasteiger partial charge in [-0.1, -0.05) is 33.1 Å². The fraction of sp³-hybridized carbons (Fsp3) is 0.625. The van der Waals surface area contributed by atoms with Crippen molar-refractivity contribution in [1.82, 2.24) is 4.72 Å². The first-order chi connectivity index (χ1) is 9.81. The molecule has 0 aromatic heterocycles. The minimum absolute atomic E-state index is 0.00101. The summed E-state index contributed by atoms with van der Waals surface area (Å²) in [6, 6.07) is 3.35. The lowest BCUT2D eigenvalue weighted by Crippen LogP contribution is -2.35. The quantitative estimate of drug-likeness (QED) is 0.721. The maximum Gasteiger partial charge on any atom is 0.241 e. The molecule has 1 rings (SSSR count). The van der Waals surface area contributed by atoms with Crippen LogP contribution in [0.1, 0.15) is 57.1 Å². The summed E-state index contributed by atoms with van der Waals surface area (Å²) in [5.74, 6) is 0. The lowest BCUT2D eigenvalue weighted by molar-refractivity contribution is 0.483. The molecule has 0 saturated heterocycles. The number of unbranched alkanes of at least 4 members (excludes halogenated alkanes) is 1. The molecule has 21 heavy (non-hydrogen) atoms. The molecule has 1 aromatic carbocycles. The second-order valence-electron chi connectivity index (χ2n) is 5.71. The van der Waals surface area contributed by atoms with Gasteiger partial charge < -0.3 is 5.73 Å². The van der Waals surface area contributed by atoms with Gasteiger partial charge in [0.05, 0.1) is 4.90 Å². The summed E-state index contributed by atoms with van der Waals surface area (Å²) in [6.45, 7) is 7.89. The monoisotopic (exact) mass is 312 g/mol.